The summed E-state index contributed by atoms with van der Waals surface area (Å²) in [6.07, 6.45) is 0. The molecule has 0 fully saturated rings. The largest absolute Gasteiger partial charge is 0.494 e. The first kappa shape index (κ1) is 15.3. The van der Waals surface area contributed by atoms with Gasteiger partial charge in [-0.25, -0.2) is 8.78 Å². The average molecular weight is 362 g/mol. The summed E-state index contributed by atoms with van der Waals surface area (Å²) in [5.74, 6) is -0.382. The van der Waals surface area contributed by atoms with Crippen LogP contribution >= 0.6 is 27.5 Å². The predicted octanol–water partition coefficient (Wildman–Crippen LogP) is 5.45. The summed E-state index contributed by atoms with van der Waals surface area (Å²) >= 11 is 9.17. The van der Waals surface area contributed by atoms with Crippen molar-refractivity contribution in [3.05, 3.63) is 63.6 Å². The lowest BCUT2D eigenvalue weighted by Crippen LogP contribution is -1.99. The minimum absolute atomic E-state index is 0.0781. The number of halogens is 4. The Morgan fingerprint density at radius 3 is 2.40 bits per heavy atom. The van der Waals surface area contributed by atoms with E-state index >= 15 is 0 Å². The average Bonchev–Trinajstić information content (AvgIpc) is 2.43. The van der Waals surface area contributed by atoms with Gasteiger partial charge in [0.15, 0.2) is 0 Å². The SMILES string of the molecule is CCOc1ccc(C(Cl)c2cc(F)c(Br)cc2F)cc1. The smallest absolute Gasteiger partial charge is 0.137 e. The summed E-state index contributed by atoms with van der Waals surface area (Å²) in [6, 6.07) is 9.16. The Hall–Kier alpha value is -1.13. The molecular weight excluding hydrogens is 350 g/mol. The molecule has 106 valence electrons. The highest BCUT2D eigenvalue weighted by molar-refractivity contribution is 9.10. The molecule has 0 heterocycles. The third-order valence-electron chi connectivity index (χ3n) is 2.80. The van der Waals surface area contributed by atoms with Crippen LogP contribution in [0.3, 0.4) is 0 Å². The van der Waals surface area contributed by atoms with Gasteiger partial charge >= 0.3 is 0 Å². The summed E-state index contributed by atoms with van der Waals surface area (Å²) in [7, 11) is 0. The second-order valence-electron chi connectivity index (χ2n) is 4.15. The van der Waals surface area contributed by atoms with Crippen molar-refractivity contribution in [2.45, 2.75) is 12.3 Å². The van der Waals surface area contributed by atoms with Gasteiger partial charge in [-0.2, -0.15) is 0 Å². The molecule has 0 aliphatic heterocycles. The zero-order chi connectivity index (χ0) is 14.7. The van der Waals surface area contributed by atoms with E-state index in [0.29, 0.717) is 17.9 Å². The fourth-order valence-corrected chi connectivity index (χ4v) is 2.44. The highest BCUT2D eigenvalue weighted by atomic mass is 79.9. The van der Waals surface area contributed by atoms with E-state index in [9.17, 15) is 8.78 Å². The van der Waals surface area contributed by atoms with Crippen molar-refractivity contribution in [2.75, 3.05) is 6.61 Å². The van der Waals surface area contributed by atoms with E-state index in [1.807, 2.05) is 6.92 Å². The van der Waals surface area contributed by atoms with Crippen LogP contribution < -0.4 is 4.74 Å². The Balaban J connectivity index is 2.31. The van der Waals surface area contributed by atoms with Crippen LogP contribution in [-0.2, 0) is 0 Å². The maximum Gasteiger partial charge on any atom is 0.137 e. The van der Waals surface area contributed by atoms with Gasteiger partial charge in [0.2, 0.25) is 0 Å². The molecule has 0 amide bonds. The first-order valence-corrected chi connectivity index (χ1v) is 7.27. The lowest BCUT2D eigenvalue weighted by atomic mass is 10.0. The van der Waals surface area contributed by atoms with Gasteiger partial charge in [-0.1, -0.05) is 12.1 Å². The molecule has 1 unspecified atom stereocenters. The monoisotopic (exact) mass is 360 g/mol. The molecule has 20 heavy (non-hydrogen) atoms. The third-order valence-corrected chi connectivity index (χ3v) is 3.89. The van der Waals surface area contributed by atoms with E-state index in [0.717, 1.165) is 12.1 Å². The first-order valence-electron chi connectivity index (χ1n) is 6.04. The molecule has 0 aromatic heterocycles. The van der Waals surface area contributed by atoms with Crippen LogP contribution in [0, 0.1) is 11.6 Å². The van der Waals surface area contributed by atoms with Crippen LogP contribution in [0.1, 0.15) is 23.4 Å². The van der Waals surface area contributed by atoms with Crippen molar-refractivity contribution in [3.8, 4) is 5.75 Å². The van der Waals surface area contributed by atoms with Crippen LogP contribution in [-0.4, -0.2) is 6.61 Å². The summed E-state index contributed by atoms with van der Waals surface area (Å²) in [5.41, 5.74) is 0.785. The normalized spacial score (nSPS) is 12.2. The van der Waals surface area contributed by atoms with Crippen LogP contribution in [0.5, 0.6) is 5.75 Å². The predicted molar refractivity (Wildman–Crippen MR) is 79.4 cm³/mol. The van der Waals surface area contributed by atoms with Gasteiger partial charge < -0.3 is 4.74 Å². The van der Waals surface area contributed by atoms with E-state index in [4.69, 9.17) is 16.3 Å². The highest BCUT2D eigenvalue weighted by Crippen LogP contribution is 2.33. The van der Waals surface area contributed by atoms with Gasteiger partial charge in [0.05, 0.1) is 16.5 Å². The fraction of sp³-hybridized carbons (Fsp3) is 0.200. The van der Waals surface area contributed by atoms with Gasteiger partial charge in [0.1, 0.15) is 17.4 Å². The second-order valence-corrected chi connectivity index (χ2v) is 5.44. The molecule has 1 atom stereocenters. The molecule has 0 bridgehead atoms. The first-order chi connectivity index (χ1) is 9.52. The topological polar surface area (TPSA) is 9.23 Å². The number of hydrogen-bond donors (Lipinski definition) is 0. The molecule has 0 saturated carbocycles. The van der Waals surface area contributed by atoms with Crippen molar-refractivity contribution in [2.24, 2.45) is 0 Å². The Bertz CT molecular complexity index is 602. The van der Waals surface area contributed by atoms with Gasteiger partial charge in [-0.15, -0.1) is 11.6 Å². The minimum Gasteiger partial charge on any atom is -0.494 e. The summed E-state index contributed by atoms with van der Waals surface area (Å²) < 4.78 is 32.8. The van der Waals surface area contributed by atoms with Crippen molar-refractivity contribution >= 4 is 27.5 Å². The Labute approximate surface area is 129 Å². The summed E-state index contributed by atoms with van der Waals surface area (Å²) in [6.45, 7) is 2.45. The van der Waals surface area contributed by atoms with Crippen molar-refractivity contribution in [1.82, 2.24) is 0 Å². The maximum absolute atomic E-state index is 13.9. The molecule has 0 radical (unpaired) electrons. The van der Waals surface area contributed by atoms with Crippen molar-refractivity contribution < 1.29 is 13.5 Å². The Kier molecular flexibility index (Phi) is 5.00. The van der Waals surface area contributed by atoms with E-state index in [-0.39, 0.29) is 10.0 Å². The van der Waals surface area contributed by atoms with Gasteiger partial charge in [-0.3, -0.25) is 0 Å². The van der Waals surface area contributed by atoms with Crippen LogP contribution in [0.15, 0.2) is 40.9 Å². The zero-order valence-electron chi connectivity index (χ0n) is 10.7. The molecular formula is C15H12BrClF2O. The molecule has 1 nitrogen and oxygen atoms in total. The van der Waals surface area contributed by atoms with Gasteiger partial charge in [0.25, 0.3) is 0 Å². The fourth-order valence-electron chi connectivity index (χ4n) is 1.81. The third kappa shape index (κ3) is 3.30. The number of hydrogen-bond acceptors (Lipinski definition) is 1. The van der Waals surface area contributed by atoms with Crippen molar-refractivity contribution in [1.29, 1.82) is 0 Å². The molecule has 2 aromatic carbocycles. The lowest BCUT2D eigenvalue weighted by molar-refractivity contribution is 0.340. The number of alkyl halides is 1. The number of benzene rings is 2. The van der Waals surface area contributed by atoms with E-state index in [2.05, 4.69) is 15.9 Å². The van der Waals surface area contributed by atoms with E-state index < -0.39 is 17.0 Å². The standard InChI is InChI=1S/C15H12BrClF2O/c1-2-20-10-5-3-9(4-6-10)15(17)11-7-14(19)12(16)8-13(11)18/h3-8,15H,2H2,1H3. The maximum atomic E-state index is 13.9. The molecule has 0 saturated heterocycles. The van der Waals surface area contributed by atoms with Gasteiger partial charge in [-0.05, 0) is 52.7 Å². The molecule has 0 spiro atoms. The zero-order valence-corrected chi connectivity index (χ0v) is 13.0. The summed E-state index contributed by atoms with van der Waals surface area (Å²) in [4.78, 5) is 0. The van der Waals surface area contributed by atoms with Crippen molar-refractivity contribution in [3.63, 3.8) is 0 Å². The van der Waals surface area contributed by atoms with Crippen LogP contribution in [0.25, 0.3) is 0 Å². The molecule has 2 rings (SSSR count). The van der Waals surface area contributed by atoms with Crippen LogP contribution in [0.4, 0.5) is 8.78 Å². The Morgan fingerprint density at radius 2 is 1.80 bits per heavy atom. The van der Waals surface area contributed by atoms with E-state index in [1.54, 1.807) is 24.3 Å². The van der Waals surface area contributed by atoms with Crippen LogP contribution in [0.2, 0.25) is 0 Å². The molecule has 0 N–H and O–H groups in total. The number of ether oxygens (including phenoxy) is 1. The lowest BCUT2D eigenvalue weighted by Gasteiger charge is -2.13. The van der Waals surface area contributed by atoms with E-state index in [1.165, 1.54) is 0 Å². The molecule has 0 aliphatic rings. The molecule has 2 aromatic rings. The highest BCUT2D eigenvalue weighted by Gasteiger charge is 2.18. The quantitative estimate of drug-likeness (QED) is 0.519. The summed E-state index contributed by atoms with van der Waals surface area (Å²) in [5, 5.41) is -0.756. The Morgan fingerprint density at radius 1 is 1.15 bits per heavy atom. The second kappa shape index (κ2) is 6.55. The molecule has 0 aliphatic carbocycles. The minimum atomic E-state index is -0.756. The molecule has 5 heteroatoms. The number of rotatable bonds is 4. The van der Waals surface area contributed by atoms with Gasteiger partial charge in [0, 0.05) is 5.56 Å².